The van der Waals surface area contributed by atoms with Crippen molar-refractivity contribution in [3.05, 3.63) is 75.7 Å². The number of rotatable bonds is 8. The highest BCUT2D eigenvalue weighted by atomic mass is 32.2. The van der Waals surface area contributed by atoms with Crippen molar-refractivity contribution in [2.24, 2.45) is 0 Å². The van der Waals surface area contributed by atoms with Crippen molar-refractivity contribution in [3.8, 4) is 0 Å². The standard InChI is InChI=1S/C22H24N4OS2/c1-3-16(2)28-21-24-23-20(25(21)14-13-17-9-5-4-6-10-17)15-26-18-11-7-8-12-19(18)29-22(26)27/h4-12,16H,3,13-15H2,1-2H3/t16-/m1/s1. The van der Waals surface area contributed by atoms with Crippen LogP contribution in [0.5, 0.6) is 0 Å². The third-order valence-electron chi connectivity index (χ3n) is 5.02. The van der Waals surface area contributed by atoms with Crippen LogP contribution in [0.3, 0.4) is 0 Å². The first kappa shape index (κ1) is 19.9. The molecule has 0 N–H and O–H groups in total. The van der Waals surface area contributed by atoms with Gasteiger partial charge in [0.05, 0.1) is 16.8 Å². The van der Waals surface area contributed by atoms with Gasteiger partial charge >= 0.3 is 4.87 Å². The number of thioether (sulfide) groups is 1. The summed E-state index contributed by atoms with van der Waals surface area (Å²) in [5.74, 6) is 0.831. The normalized spacial score (nSPS) is 12.5. The molecule has 5 nitrogen and oxygen atoms in total. The fourth-order valence-corrected chi connectivity index (χ4v) is 5.03. The molecule has 29 heavy (non-hydrogen) atoms. The first-order valence-corrected chi connectivity index (χ1v) is 11.6. The predicted molar refractivity (Wildman–Crippen MR) is 121 cm³/mol. The molecule has 2 heterocycles. The van der Waals surface area contributed by atoms with E-state index in [0.29, 0.717) is 11.8 Å². The van der Waals surface area contributed by atoms with Crippen LogP contribution in [0.25, 0.3) is 10.2 Å². The largest absolute Gasteiger partial charge is 0.308 e. The molecule has 1 atom stereocenters. The number of aromatic nitrogens is 4. The van der Waals surface area contributed by atoms with Gasteiger partial charge in [-0.2, -0.15) is 0 Å². The van der Waals surface area contributed by atoms with Gasteiger partial charge in [-0.25, -0.2) is 0 Å². The van der Waals surface area contributed by atoms with Gasteiger partial charge in [-0.3, -0.25) is 9.36 Å². The van der Waals surface area contributed by atoms with Crippen molar-refractivity contribution in [1.29, 1.82) is 0 Å². The highest BCUT2D eigenvalue weighted by molar-refractivity contribution is 7.99. The molecule has 0 amide bonds. The molecule has 7 heteroatoms. The summed E-state index contributed by atoms with van der Waals surface area (Å²) in [6.45, 7) is 5.62. The smallest absolute Gasteiger partial charge is 0.304 e. The number of hydrogen-bond donors (Lipinski definition) is 0. The van der Waals surface area contributed by atoms with Crippen LogP contribution in [-0.4, -0.2) is 24.6 Å². The molecular formula is C22H24N4OS2. The van der Waals surface area contributed by atoms with Crippen molar-refractivity contribution in [2.75, 3.05) is 0 Å². The predicted octanol–water partition coefficient (Wildman–Crippen LogP) is 4.84. The molecule has 4 rings (SSSR count). The van der Waals surface area contributed by atoms with E-state index in [1.54, 1.807) is 16.3 Å². The maximum absolute atomic E-state index is 12.6. The van der Waals surface area contributed by atoms with Crippen LogP contribution in [-0.2, 0) is 19.5 Å². The molecule has 0 aliphatic carbocycles. The average molecular weight is 425 g/mol. The molecule has 2 aromatic heterocycles. The second-order valence-electron chi connectivity index (χ2n) is 7.04. The van der Waals surface area contributed by atoms with E-state index in [0.717, 1.165) is 40.6 Å². The van der Waals surface area contributed by atoms with Crippen molar-refractivity contribution >= 4 is 33.3 Å². The lowest BCUT2D eigenvalue weighted by Crippen LogP contribution is -2.18. The van der Waals surface area contributed by atoms with Gasteiger partial charge < -0.3 is 4.57 Å². The molecule has 0 bridgehead atoms. The minimum atomic E-state index is 0.0416. The van der Waals surface area contributed by atoms with Crippen LogP contribution >= 0.6 is 23.1 Å². The number of fused-ring (bicyclic) bond motifs is 1. The Bertz CT molecular complexity index is 1150. The lowest BCUT2D eigenvalue weighted by Gasteiger charge is -2.13. The maximum Gasteiger partial charge on any atom is 0.308 e. The zero-order valence-corrected chi connectivity index (χ0v) is 18.2. The lowest BCUT2D eigenvalue weighted by atomic mass is 10.1. The van der Waals surface area contributed by atoms with E-state index in [4.69, 9.17) is 0 Å². The van der Waals surface area contributed by atoms with Crippen LogP contribution in [0.1, 0.15) is 31.7 Å². The van der Waals surface area contributed by atoms with Crippen molar-refractivity contribution in [3.63, 3.8) is 0 Å². The Balaban J connectivity index is 1.66. The first-order chi connectivity index (χ1) is 14.2. The number of hydrogen-bond acceptors (Lipinski definition) is 5. The van der Waals surface area contributed by atoms with Gasteiger partial charge in [-0.05, 0) is 30.5 Å². The van der Waals surface area contributed by atoms with E-state index in [1.165, 1.54) is 16.9 Å². The molecule has 150 valence electrons. The minimum Gasteiger partial charge on any atom is -0.304 e. The third kappa shape index (κ3) is 4.46. The second-order valence-corrected chi connectivity index (χ2v) is 9.44. The van der Waals surface area contributed by atoms with Gasteiger partial charge in [0, 0.05) is 11.8 Å². The molecule has 0 aliphatic rings. The summed E-state index contributed by atoms with van der Waals surface area (Å²) < 4.78 is 4.99. The Labute approximate surface area is 178 Å². The third-order valence-corrected chi connectivity index (χ3v) is 7.22. The minimum absolute atomic E-state index is 0.0416. The van der Waals surface area contributed by atoms with Gasteiger partial charge in [0.25, 0.3) is 0 Å². The molecule has 0 saturated carbocycles. The Morgan fingerprint density at radius 2 is 1.79 bits per heavy atom. The Hall–Kier alpha value is -2.38. The zero-order chi connectivity index (χ0) is 20.2. The Morgan fingerprint density at radius 3 is 2.59 bits per heavy atom. The van der Waals surface area contributed by atoms with Gasteiger partial charge in [0.2, 0.25) is 0 Å². The average Bonchev–Trinajstić information content (AvgIpc) is 3.27. The summed E-state index contributed by atoms with van der Waals surface area (Å²) in [7, 11) is 0. The summed E-state index contributed by atoms with van der Waals surface area (Å²) >= 11 is 3.03. The van der Waals surface area contributed by atoms with Gasteiger partial charge in [0.1, 0.15) is 0 Å². The zero-order valence-electron chi connectivity index (χ0n) is 16.6. The Morgan fingerprint density at radius 1 is 1.03 bits per heavy atom. The lowest BCUT2D eigenvalue weighted by molar-refractivity contribution is 0.585. The van der Waals surface area contributed by atoms with E-state index < -0.39 is 0 Å². The topological polar surface area (TPSA) is 52.7 Å². The van der Waals surface area contributed by atoms with Crippen LogP contribution in [0.2, 0.25) is 0 Å². The highest BCUT2D eigenvalue weighted by Crippen LogP contribution is 2.25. The maximum atomic E-state index is 12.6. The monoisotopic (exact) mass is 424 g/mol. The van der Waals surface area contributed by atoms with E-state index in [-0.39, 0.29) is 4.87 Å². The van der Waals surface area contributed by atoms with Gasteiger partial charge in [-0.15, -0.1) is 10.2 Å². The van der Waals surface area contributed by atoms with Crippen LogP contribution in [0.15, 0.2) is 64.5 Å². The molecule has 0 aliphatic heterocycles. The molecule has 0 spiro atoms. The second kappa shape index (κ2) is 8.97. The first-order valence-electron chi connectivity index (χ1n) is 9.86. The van der Waals surface area contributed by atoms with Crippen molar-refractivity contribution < 1.29 is 0 Å². The fourth-order valence-electron chi connectivity index (χ4n) is 3.20. The van der Waals surface area contributed by atoms with E-state index in [9.17, 15) is 4.79 Å². The molecule has 0 unspecified atom stereocenters. The molecule has 2 aromatic carbocycles. The molecule has 0 fully saturated rings. The molecule has 0 saturated heterocycles. The fraction of sp³-hybridized carbons (Fsp3) is 0.318. The highest BCUT2D eigenvalue weighted by Gasteiger charge is 2.17. The van der Waals surface area contributed by atoms with Crippen molar-refractivity contribution in [2.45, 2.75) is 50.2 Å². The van der Waals surface area contributed by atoms with Crippen LogP contribution in [0.4, 0.5) is 0 Å². The number of benzene rings is 2. The Kier molecular flexibility index (Phi) is 6.16. The molecule has 0 radical (unpaired) electrons. The van der Waals surface area contributed by atoms with E-state index >= 15 is 0 Å². The van der Waals surface area contributed by atoms with Gasteiger partial charge in [0.15, 0.2) is 11.0 Å². The quantitative estimate of drug-likeness (QED) is 0.380. The number of aryl methyl sites for hydroxylation is 1. The summed E-state index contributed by atoms with van der Waals surface area (Å²) in [6.07, 6.45) is 1.97. The van der Waals surface area contributed by atoms with Crippen LogP contribution in [0, 0.1) is 0 Å². The number of nitrogens with zero attached hydrogens (tertiary/aromatic N) is 4. The summed E-state index contributed by atoms with van der Waals surface area (Å²) in [5, 5.41) is 10.3. The molecular weight excluding hydrogens is 400 g/mol. The van der Waals surface area contributed by atoms with Gasteiger partial charge in [-0.1, -0.05) is 79.4 Å². The van der Waals surface area contributed by atoms with E-state index in [2.05, 4.69) is 52.9 Å². The summed E-state index contributed by atoms with van der Waals surface area (Å²) in [4.78, 5) is 12.6. The van der Waals surface area contributed by atoms with Crippen molar-refractivity contribution in [1.82, 2.24) is 19.3 Å². The number of para-hydroxylation sites is 1. The summed E-state index contributed by atoms with van der Waals surface area (Å²) in [6, 6.07) is 18.4. The SMILES string of the molecule is CC[C@@H](C)Sc1nnc(Cn2c(=O)sc3ccccc32)n1CCc1ccccc1. The number of thiazole rings is 1. The summed E-state index contributed by atoms with van der Waals surface area (Å²) in [5.41, 5.74) is 2.24. The van der Waals surface area contributed by atoms with Crippen LogP contribution < -0.4 is 4.87 Å². The van der Waals surface area contributed by atoms with E-state index in [1.807, 2.05) is 30.3 Å². The molecule has 4 aromatic rings.